The molecule has 0 unspecified atom stereocenters. The lowest BCUT2D eigenvalue weighted by Gasteiger charge is -2.22. The number of ether oxygens (including phenoxy) is 2. The van der Waals surface area contributed by atoms with Crippen molar-refractivity contribution in [3.63, 3.8) is 0 Å². The van der Waals surface area contributed by atoms with Crippen LogP contribution in [0, 0.1) is 0 Å². The molecule has 1 fully saturated rings. The van der Waals surface area contributed by atoms with Crippen LogP contribution in [-0.4, -0.2) is 30.4 Å². The highest BCUT2D eigenvalue weighted by Gasteiger charge is 2.21. The van der Waals surface area contributed by atoms with Gasteiger partial charge in [0.2, 0.25) is 11.8 Å². The molecule has 3 rings (SSSR count). The van der Waals surface area contributed by atoms with Gasteiger partial charge in [0.05, 0.1) is 19.6 Å². The Morgan fingerprint density at radius 3 is 2.74 bits per heavy atom. The smallest absolute Gasteiger partial charge is 0.229 e. The first-order valence-corrected chi connectivity index (χ1v) is 7.86. The van der Waals surface area contributed by atoms with Gasteiger partial charge in [0.1, 0.15) is 5.52 Å². The molecular formula is C17H22N2O4. The number of aromatic nitrogens is 1. The Labute approximate surface area is 135 Å². The van der Waals surface area contributed by atoms with E-state index in [-0.39, 0.29) is 17.7 Å². The highest BCUT2D eigenvalue weighted by atomic mass is 16.7. The number of rotatable bonds is 3. The van der Waals surface area contributed by atoms with Crippen LogP contribution in [0.1, 0.15) is 39.5 Å². The molecule has 1 aliphatic rings. The molecule has 1 aromatic heterocycles. The number of nitrogens with zero attached hydrogens (tertiary/aromatic N) is 1. The summed E-state index contributed by atoms with van der Waals surface area (Å²) in [5, 5.41) is 2.85. The maximum Gasteiger partial charge on any atom is 0.229 e. The van der Waals surface area contributed by atoms with Gasteiger partial charge in [-0.3, -0.25) is 4.79 Å². The van der Waals surface area contributed by atoms with Crippen LogP contribution >= 0.6 is 0 Å². The van der Waals surface area contributed by atoms with Crippen LogP contribution in [0.3, 0.4) is 0 Å². The zero-order valence-electron chi connectivity index (χ0n) is 13.7. The maximum atomic E-state index is 12.1. The number of carbonyl (C=O) groups excluding carboxylic acids is 1. The van der Waals surface area contributed by atoms with E-state index in [1.807, 2.05) is 32.9 Å². The van der Waals surface area contributed by atoms with Gasteiger partial charge >= 0.3 is 0 Å². The van der Waals surface area contributed by atoms with Crippen LogP contribution in [0.25, 0.3) is 11.1 Å². The summed E-state index contributed by atoms with van der Waals surface area (Å²) < 4.78 is 16.5. The first-order chi connectivity index (χ1) is 10.9. The number of hydrogen-bond acceptors (Lipinski definition) is 5. The summed E-state index contributed by atoms with van der Waals surface area (Å²) in [6.07, 6.45) is 0.605. The summed E-state index contributed by atoms with van der Waals surface area (Å²) in [4.78, 5) is 16.6. The van der Waals surface area contributed by atoms with Crippen molar-refractivity contribution < 1.29 is 18.7 Å². The molecule has 1 saturated heterocycles. The predicted molar refractivity (Wildman–Crippen MR) is 86.3 cm³/mol. The summed E-state index contributed by atoms with van der Waals surface area (Å²) >= 11 is 0. The van der Waals surface area contributed by atoms with Crippen LogP contribution in [0.4, 0.5) is 5.69 Å². The average Bonchev–Trinajstić information content (AvgIpc) is 2.91. The van der Waals surface area contributed by atoms with E-state index in [2.05, 4.69) is 10.3 Å². The maximum absolute atomic E-state index is 12.1. The first kappa shape index (κ1) is 16.0. The largest absolute Gasteiger partial charge is 0.440 e. The zero-order valence-corrected chi connectivity index (χ0v) is 13.7. The van der Waals surface area contributed by atoms with Gasteiger partial charge in [-0.2, -0.15) is 0 Å². The minimum Gasteiger partial charge on any atom is -0.440 e. The number of nitrogens with one attached hydrogen (secondary N) is 1. The van der Waals surface area contributed by atoms with Crippen LogP contribution in [-0.2, 0) is 19.7 Å². The van der Waals surface area contributed by atoms with E-state index in [4.69, 9.17) is 13.9 Å². The van der Waals surface area contributed by atoms with E-state index in [1.54, 1.807) is 6.07 Å². The molecule has 124 valence electrons. The van der Waals surface area contributed by atoms with Crippen molar-refractivity contribution >= 4 is 22.7 Å². The fraction of sp³-hybridized carbons (Fsp3) is 0.529. The molecule has 2 heterocycles. The summed E-state index contributed by atoms with van der Waals surface area (Å²) in [6.45, 7) is 7.41. The molecule has 1 aliphatic heterocycles. The van der Waals surface area contributed by atoms with Crippen molar-refractivity contribution in [3.8, 4) is 0 Å². The first-order valence-electron chi connectivity index (χ1n) is 7.86. The summed E-state index contributed by atoms with van der Waals surface area (Å²) in [7, 11) is 0. The van der Waals surface area contributed by atoms with Crippen molar-refractivity contribution in [2.45, 2.75) is 45.3 Å². The highest BCUT2D eigenvalue weighted by Crippen LogP contribution is 2.27. The molecule has 1 amide bonds. The quantitative estimate of drug-likeness (QED) is 0.940. The van der Waals surface area contributed by atoms with Gasteiger partial charge in [0, 0.05) is 11.1 Å². The SMILES string of the molecule is CC(C)(C)c1nc2cc(NC(=O)CC3OCCCO3)ccc2o1. The van der Waals surface area contributed by atoms with Gasteiger partial charge in [-0.05, 0) is 24.6 Å². The van der Waals surface area contributed by atoms with Gasteiger partial charge in [0.15, 0.2) is 11.9 Å². The number of fused-ring (bicyclic) bond motifs is 1. The Kier molecular flexibility index (Phi) is 4.37. The molecule has 0 aliphatic carbocycles. The van der Waals surface area contributed by atoms with E-state index in [9.17, 15) is 4.79 Å². The summed E-state index contributed by atoms with van der Waals surface area (Å²) in [5.41, 5.74) is 1.98. The van der Waals surface area contributed by atoms with Crippen LogP contribution < -0.4 is 5.32 Å². The Bertz CT molecular complexity index is 696. The Balaban J connectivity index is 1.69. The fourth-order valence-corrected chi connectivity index (χ4v) is 2.34. The van der Waals surface area contributed by atoms with Crippen LogP contribution in [0.15, 0.2) is 22.6 Å². The van der Waals surface area contributed by atoms with E-state index in [0.29, 0.717) is 30.4 Å². The van der Waals surface area contributed by atoms with E-state index < -0.39 is 6.29 Å². The minimum atomic E-state index is -0.452. The molecule has 2 aromatic rings. The second kappa shape index (κ2) is 6.29. The number of carbonyl (C=O) groups is 1. The lowest BCUT2D eigenvalue weighted by Crippen LogP contribution is -2.29. The van der Waals surface area contributed by atoms with Gasteiger partial charge in [0.25, 0.3) is 0 Å². The highest BCUT2D eigenvalue weighted by molar-refractivity contribution is 5.93. The molecule has 1 N–H and O–H groups in total. The zero-order chi connectivity index (χ0) is 16.4. The lowest BCUT2D eigenvalue weighted by molar-refractivity contribution is -0.182. The molecule has 6 heteroatoms. The fourth-order valence-electron chi connectivity index (χ4n) is 2.34. The van der Waals surface area contributed by atoms with E-state index in [1.165, 1.54) is 0 Å². The summed E-state index contributed by atoms with van der Waals surface area (Å²) in [5.74, 6) is 0.538. The number of hydrogen-bond donors (Lipinski definition) is 1. The van der Waals surface area contributed by atoms with Gasteiger partial charge in [-0.25, -0.2) is 4.98 Å². The number of oxazole rings is 1. The second-order valence-corrected chi connectivity index (χ2v) is 6.73. The summed E-state index contributed by atoms with van der Waals surface area (Å²) in [6, 6.07) is 5.44. The van der Waals surface area contributed by atoms with E-state index >= 15 is 0 Å². The van der Waals surface area contributed by atoms with Crippen molar-refractivity contribution in [1.82, 2.24) is 4.98 Å². The monoisotopic (exact) mass is 318 g/mol. The van der Waals surface area contributed by atoms with Crippen LogP contribution in [0.2, 0.25) is 0 Å². The average molecular weight is 318 g/mol. The van der Waals surface area contributed by atoms with Crippen molar-refractivity contribution in [3.05, 3.63) is 24.1 Å². The number of anilines is 1. The molecular weight excluding hydrogens is 296 g/mol. The number of amides is 1. The Morgan fingerprint density at radius 2 is 2.04 bits per heavy atom. The second-order valence-electron chi connectivity index (χ2n) is 6.73. The van der Waals surface area contributed by atoms with Crippen molar-refractivity contribution in [1.29, 1.82) is 0 Å². The molecule has 0 saturated carbocycles. The Hall–Kier alpha value is -1.92. The topological polar surface area (TPSA) is 73.6 Å². The van der Waals surface area contributed by atoms with E-state index in [0.717, 1.165) is 11.9 Å². The minimum absolute atomic E-state index is 0.143. The Morgan fingerprint density at radius 1 is 1.30 bits per heavy atom. The van der Waals surface area contributed by atoms with Crippen molar-refractivity contribution in [2.24, 2.45) is 0 Å². The molecule has 0 spiro atoms. The molecule has 0 atom stereocenters. The molecule has 0 radical (unpaired) electrons. The van der Waals surface area contributed by atoms with Gasteiger partial charge in [-0.1, -0.05) is 20.8 Å². The van der Waals surface area contributed by atoms with Gasteiger partial charge < -0.3 is 19.2 Å². The number of benzene rings is 1. The normalized spacial score (nSPS) is 16.7. The molecule has 1 aromatic carbocycles. The molecule has 23 heavy (non-hydrogen) atoms. The molecule has 6 nitrogen and oxygen atoms in total. The third kappa shape index (κ3) is 3.89. The van der Waals surface area contributed by atoms with Crippen LogP contribution in [0.5, 0.6) is 0 Å². The van der Waals surface area contributed by atoms with Crippen molar-refractivity contribution in [2.75, 3.05) is 18.5 Å². The third-order valence-electron chi connectivity index (χ3n) is 3.56. The predicted octanol–water partition coefficient (Wildman–Crippen LogP) is 3.22. The lowest BCUT2D eigenvalue weighted by atomic mass is 9.97. The van der Waals surface area contributed by atoms with Gasteiger partial charge in [-0.15, -0.1) is 0 Å². The third-order valence-corrected chi connectivity index (χ3v) is 3.56. The standard InChI is InChI=1S/C17H22N2O4/c1-17(2,3)16-19-12-9-11(5-6-13(12)23-16)18-14(20)10-15-21-7-4-8-22-15/h5-6,9,15H,4,7-8,10H2,1-3H3,(H,18,20). The molecule has 0 bridgehead atoms.